The summed E-state index contributed by atoms with van der Waals surface area (Å²) in [5.74, 6) is -0.364. The summed E-state index contributed by atoms with van der Waals surface area (Å²) in [6.45, 7) is 3.15. The molecule has 2 heterocycles. The molecule has 0 bridgehead atoms. The van der Waals surface area contributed by atoms with Gasteiger partial charge in [0.05, 0.1) is 18.0 Å². The fourth-order valence-corrected chi connectivity index (χ4v) is 2.22. The molecule has 1 atom stereocenters. The van der Waals surface area contributed by atoms with Crippen LogP contribution in [0.1, 0.15) is 37.5 Å². The van der Waals surface area contributed by atoms with Crippen LogP contribution in [0.2, 0.25) is 0 Å². The van der Waals surface area contributed by atoms with Crippen LogP contribution in [0, 0.1) is 5.82 Å². The van der Waals surface area contributed by atoms with Crippen molar-refractivity contribution in [2.75, 3.05) is 19.6 Å². The first-order valence-corrected chi connectivity index (χ1v) is 6.27. The van der Waals surface area contributed by atoms with Crippen LogP contribution < -0.4 is 0 Å². The van der Waals surface area contributed by atoms with Crippen molar-refractivity contribution in [1.29, 1.82) is 0 Å². The Balaban J connectivity index is 1.80. The normalized spacial score (nSPS) is 19.2. The minimum absolute atomic E-state index is 0.364. The molecule has 0 radical (unpaired) electrons. The first-order chi connectivity index (χ1) is 8.25. The van der Waals surface area contributed by atoms with E-state index in [0.29, 0.717) is 12.1 Å². The number of nitrogens with zero attached hydrogens (tertiary/aromatic N) is 2. The monoisotopic (exact) mass is 238 g/mol. The summed E-state index contributed by atoms with van der Waals surface area (Å²) in [5.41, 5.74) is 0.559. The molecule has 1 aromatic rings. The molecule has 94 valence electrons. The van der Waals surface area contributed by atoms with Crippen molar-refractivity contribution >= 4 is 0 Å². The fourth-order valence-electron chi connectivity index (χ4n) is 2.22. The maximum absolute atomic E-state index is 12.7. The number of rotatable bonds is 4. The van der Waals surface area contributed by atoms with Crippen LogP contribution in [0.4, 0.5) is 4.39 Å². The molecule has 0 saturated carbocycles. The second-order valence-corrected chi connectivity index (χ2v) is 4.61. The van der Waals surface area contributed by atoms with Crippen molar-refractivity contribution < 1.29 is 9.50 Å². The zero-order valence-corrected chi connectivity index (χ0v) is 9.98. The second-order valence-electron chi connectivity index (χ2n) is 4.61. The summed E-state index contributed by atoms with van der Waals surface area (Å²) >= 11 is 0. The van der Waals surface area contributed by atoms with Crippen LogP contribution in [0.15, 0.2) is 18.3 Å². The number of likely N-dealkylation sites (tertiary alicyclic amines) is 1. The lowest BCUT2D eigenvalue weighted by atomic mass is 10.1. The zero-order chi connectivity index (χ0) is 12.1. The smallest absolute Gasteiger partial charge is 0.141 e. The Morgan fingerprint density at radius 2 is 2.06 bits per heavy atom. The van der Waals surface area contributed by atoms with Crippen LogP contribution >= 0.6 is 0 Å². The molecule has 0 aromatic carbocycles. The number of pyridine rings is 1. The van der Waals surface area contributed by atoms with E-state index >= 15 is 0 Å². The average Bonchev–Trinajstić information content (AvgIpc) is 2.38. The van der Waals surface area contributed by atoms with E-state index in [1.165, 1.54) is 25.3 Å². The minimum Gasteiger partial charge on any atom is -0.387 e. The second kappa shape index (κ2) is 6.07. The van der Waals surface area contributed by atoms with Gasteiger partial charge in [0.15, 0.2) is 0 Å². The molecule has 1 aliphatic heterocycles. The Labute approximate surface area is 101 Å². The summed E-state index contributed by atoms with van der Waals surface area (Å²) < 4.78 is 12.7. The molecule has 1 fully saturated rings. The van der Waals surface area contributed by atoms with Gasteiger partial charge in [-0.1, -0.05) is 6.42 Å². The van der Waals surface area contributed by atoms with Gasteiger partial charge in [0.25, 0.3) is 0 Å². The lowest BCUT2D eigenvalue weighted by molar-refractivity contribution is 0.130. The molecule has 1 aliphatic rings. The molecule has 0 spiro atoms. The quantitative estimate of drug-likeness (QED) is 0.873. The van der Waals surface area contributed by atoms with E-state index in [9.17, 15) is 9.50 Å². The largest absolute Gasteiger partial charge is 0.387 e. The minimum atomic E-state index is -0.586. The van der Waals surface area contributed by atoms with Crippen molar-refractivity contribution in [3.05, 3.63) is 29.8 Å². The van der Waals surface area contributed by atoms with Gasteiger partial charge in [0, 0.05) is 6.54 Å². The van der Waals surface area contributed by atoms with Crippen LogP contribution in [0.5, 0.6) is 0 Å². The molecule has 4 heteroatoms. The van der Waals surface area contributed by atoms with Gasteiger partial charge in [-0.2, -0.15) is 0 Å². The van der Waals surface area contributed by atoms with E-state index in [4.69, 9.17) is 0 Å². The third-order valence-electron chi connectivity index (χ3n) is 3.26. The Morgan fingerprint density at radius 1 is 1.29 bits per heavy atom. The Morgan fingerprint density at radius 3 is 2.71 bits per heavy atom. The topological polar surface area (TPSA) is 36.4 Å². The van der Waals surface area contributed by atoms with Gasteiger partial charge in [0.2, 0.25) is 0 Å². The lowest BCUT2D eigenvalue weighted by Gasteiger charge is -2.27. The molecular formula is C13H19FN2O. The summed E-state index contributed by atoms with van der Waals surface area (Å²) in [4.78, 5) is 6.27. The van der Waals surface area contributed by atoms with Crippen molar-refractivity contribution in [2.45, 2.75) is 31.8 Å². The number of hydrogen-bond donors (Lipinski definition) is 1. The maximum Gasteiger partial charge on any atom is 0.141 e. The number of halogens is 1. The van der Waals surface area contributed by atoms with E-state index in [1.54, 1.807) is 6.07 Å². The van der Waals surface area contributed by atoms with Crippen LogP contribution in [-0.4, -0.2) is 34.6 Å². The maximum atomic E-state index is 12.7. The lowest BCUT2D eigenvalue weighted by Crippen LogP contribution is -2.31. The highest BCUT2D eigenvalue weighted by molar-refractivity contribution is 5.07. The molecule has 0 aliphatic carbocycles. The van der Waals surface area contributed by atoms with Gasteiger partial charge in [0.1, 0.15) is 5.82 Å². The third-order valence-corrected chi connectivity index (χ3v) is 3.26. The summed E-state index contributed by atoms with van der Waals surface area (Å²) in [5, 5.41) is 9.93. The average molecular weight is 238 g/mol. The Bertz CT molecular complexity index is 336. The predicted molar refractivity (Wildman–Crippen MR) is 64.1 cm³/mol. The Hall–Kier alpha value is -1.00. The SMILES string of the molecule is OC(CCN1CCCCC1)c1ccc(F)cn1. The highest BCUT2D eigenvalue weighted by atomic mass is 19.1. The van der Waals surface area contributed by atoms with Crippen molar-refractivity contribution in [3.8, 4) is 0 Å². The number of aliphatic hydroxyl groups excluding tert-OH is 1. The van der Waals surface area contributed by atoms with E-state index < -0.39 is 6.10 Å². The number of piperidine rings is 1. The molecule has 17 heavy (non-hydrogen) atoms. The number of hydrogen-bond acceptors (Lipinski definition) is 3. The highest BCUT2D eigenvalue weighted by Gasteiger charge is 2.14. The first-order valence-electron chi connectivity index (χ1n) is 6.27. The summed E-state index contributed by atoms with van der Waals surface area (Å²) in [6.07, 6.45) is 5.06. The predicted octanol–water partition coefficient (Wildman–Crippen LogP) is 2.13. The van der Waals surface area contributed by atoms with E-state index in [0.717, 1.165) is 25.8 Å². The zero-order valence-electron chi connectivity index (χ0n) is 9.98. The van der Waals surface area contributed by atoms with Crippen LogP contribution in [0.3, 0.4) is 0 Å². The summed E-state index contributed by atoms with van der Waals surface area (Å²) in [6, 6.07) is 2.89. The van der Waals surface area contributed by atoms with Gasteiger partial charge in [-0.3, -0.25) is 4.98 Å². The molecule has 3 nitrogen and oxygen atoms in total. The van der Waals surface area contributed by atoms with Crippen LogP contribution in [-0.2, 0) is 0 Å². The molecular weight excluding hydrogens is 219 g/mol. The number of aliphatic hydroxyl groups is 1. The van der Waals surface area contributed by atoms with Gasteiger partial charge >= 0.3 is 0 Å². The first kappa shape index (κ1) is 12.5. The molecule has 1 aromatic heterocycles. The van der Waals surface area contributed by atoms with Crippen molar-refractivity contribution in [3.63, 3.8) is 0 Å². The summed E-state index contributed by atoms with van der Waals surface area (Å²) in [7, 11) is 0. The highest BCUT2D eigenvalue weighted by Crippen LogP contribution is 2.16. The van der Waals surface area contributed by atoms with Crippen molar-refractivity contribution in [1.82, 2.24) is 9.88 Å². The molecule has 1 saturated heterocycles. The van der Waals surface area contributed by atoms with Crippen molar-refractivity contribution in [2.24, 2.45) is 0 Å². The van der Waals surface area contributed by atoms with Gasteiger partial charge < -0.3 is 10.0 Å². The van der Waals surface area contributed by atoms with Gasteiger partial charge in [-0.25, -0.2) is 4.39 Å². The fraction of sp³-hybridized carbons (Fsp3) is 0.615. The van der Waals surface area contributed by atoms with Crippen LogP contribution in [0.25, 0.3) is 0 Å². The van der Waals surface area contributed by atoms with Gasteiger partial charge in [-0.05, 0) is 44.5 Å². The van der Waals surface area contributed by atoms with E-state index in [1.807, 2.05) is 0 Å². The third kappa shape index (κ3) is 3.75. The number of aromatic nitrogens is 1. The molecule has 1 unspecified atom stereocenters. The molecule has 2 rings (SSSR count). The molecule has 1 N–H and O–H groups in total. The standard InChI is InChI=1S/C13H19FN2O/c14-11-4-5-12(15-10-11)13(17)6-9-16-7-2-1-3-8-16/h4-5,10,13,17H,1-3,6-9H2. The van der Waals surface area contributed by atoms with E-state index in [-0.39, 0.29) is 5.82 Å². The Kier molecular flexibility index (Phi) is 4.45. The van der Waals surface area contributed by atoms with E-state index in [2.05, 4.69) is 9.88 Å². The molecule has 0 amide bonds. The van der Waals surface area contributed by atoms with Gasteiger partial charge in [-0.15, -0.1) is 0 Å².